The van der Waals surface area contributed by atoms with E-state index in [0.717, 1.165) is 5.69 Å². The number of halogens is 1. The number of pyridine rings is 1. The second kappa shape index (κ2) is 4.32. The summed E-state index contributed by atoms with van der Waals surface area (Å²) in [7, 11) is 0. The van der Waals surface area contributed by atoms with Crippen molar-refractivity contribution < 1.29 is 4.74 Å². The third-order valence-electron chi connectivity index (χ3n) is 1.90. The SMILES string of the molecule is Cc1ncccc1Oc1nc(N)ncc1Cl. The van der Waals surface area contributed by atoms with Crippen LogP contribution in [0, 0.1) is 6.92 Å². The Morgan fingerprint density at radius 2 is 2.19 bits per heavy atom. The van der Waals surface area contributed by atoms with Gasteiger partial charge in [-0.3, -0.25) is 4.98 Å². The summed E-state index contributed by atoms with van der Waals surface area (Å²) in [6.07, 6.45) is 3.07. The Balaban J connectivity index is 2.34. The van der Waals surface area contributed by atoms with Crippen LogP contribution in [-0.4, -0.2) is 15.0 Å². The largest absolute Gasteiger partial charge is 0.435 e. The predicted octanol–water partition coefficient (Wildman–Crippen LogP) is 2.21. The van der Waals surface area contributed by atoms with Crippen molar-refractivity contribution in [1.29, 1.82) is 0 Å². The molecule has 0 aliphatic heterocycles. The van der Waals surface area contributed by atoms with E-state index in [1.807, 2.05) is 6.92 Å². The summed E-state index contributed by atoms with van der Waals surface area (Å²) < 4.78 is 5.50. The lowest BCUT2D eigenvalue weighted by Crippen LogP contribution is -1.98. The van der Waals surface area contributed by atoms with Crippen LogP contribution in [0.5, 0.6) is 11.6 Å². The second-order valence-corrected chi connectivity index (χ2v) is 3.48. The van der Waals surface area contributed by atoms with Gasteiger partial charge in [0.1, 0.15) is 5.02 Å². The van der Waals surface area contributed by atoms with Crippen LogP contribution in [0.1, 0.15) is 5.69 Å². The highest BCUT2D eigenvalue weighted by atomic mass is 35.5. The zero-order chi connectivity index (χ0) is 11.5. The van der Waals surface area contributed by atoms with Crippen molar-refractivity contribution in [1.82, 2.24) is 15.0 Å². The highest BCUT2D eigenvalue weighted by Gasteiger charge is 2.08. The Morgan fingerprint density at radius 1 is 1.38 bits per heavy atom. The molecule has 0 saturated heterocycles. The molecule has 0 aliphatic carbocycles. The van der Waals surface area contributed by atoms with Crippen molar-refractivity contribution in [2.45, 2.75) is 6.92 Å². The van der Waals surface area contributed by atoms with Crippen LogP contribution in [-0.2, 0) is 0 Å². The zero-order valence-electron chi connectivity index (χ0n) is 8.51. The molecule has 5 nitrogen and oxygen atoms in total. The minimum Gasteiger partial charge on any atom is -0.435 e. The highest BCUT2D eigenvalue weighted by Crippen LogP contribution is 2.27. The van der Waals surface area contributed by atoms with Gasteiger partial charge in [0, 0.05) is 6.20 Å². The van der Waals surface area contributed by atoms with Crippen molar-refractivity contribution >= 4 is 17.5 Å². The van der Waals surface area contributed by atoms with Crippen LogP contribution in [0.2, 0.25) is 5.02 Å². The molecule has 0 unspecified atom stereocenters. The standard InChI is InChI=1S/C10H9ClN4O/c1-6-8(3-2-4-13-6)16-9-7(11)5-14-10(12)15-9/h2-5H,1H3,(H2,12,14,15). The van der Waals surface area contributed by atoms with Gasteiger partial charge in [-0.1, -0.05) is 11.6 Å². The summed E-state index contributed by atoms with van der Waals surface area (Å²) >= 11 is 5.87. The Morgan fingerprint density at radius 3 is 2.94 bits per heavy atom. The Bertz CT molecular complexity index is 518. The van der Waals surface area contributed by atoms with Crippen LogP contribution < -0.4 is 10.5 Å². The number of hydrogen-bond acceptors (Lipinski definition) is 5. The summed E-state index contributed by atoms with van der Waals surface area (Å²) in [5.74, 6) is 0.925. The Kier molecular flexibility index (Phi) is 2.87. The van der Waals surface area contributed by atoms with E-state index in [1.54, 1.807) is 18.3 Å². The van der Waals surface area contributed by atoms with Gasteiger partial charge in [-0.2, -0.15) is 4.98 Å². The second-order valence-electron chi connectivity index (χ2n) is 3.07. The topological polar surface area (TPSA) is 73.9 Å². The molecule has 2 rings (SSSR count). The monoisotopic (exact) mass is 236 g/mol. The maximum atomic E-state index is 5.87. The lowest BCUT2D eigenvalue weighted by Gasteiger charge is -2.07. The molecular weight excluding hydrogens is 228 g/mol. The number of ether oxygens (including phenoxy) is 1. The van der Waals surface area contributed by atoms with E-state index in [9.17, 15) is 0 Å². The first-order chi connectivity index (χ1) is 7.66. The van der Waals surface area contributed by atoms with Gasteiger partial charge in [-0.15, -0.1) is 0 Å². The number of hydrogen-bond donors (Lipinski definition) is 1. The van der Waals surface area contributed by atoms with Crippen LogP contribution >= 0.6 is 11.6 Å². The molecule has 0 saturated carbocycles. The molecule has 0 bridgehead atoms. The van der Waals surface area contributed by atoms with Crippen LogP contribution in [0.15, 0.2) is 24.5 Å². The first-order valence-electron chi connectivity index (χ1n) is 4.54. The third-order valence-corrected chi connectivity index (χ3v) is 2.15. The summed E-state index contributed by atoms with van der Waals surface area (Å²) in [5, 5.41) is 0.303. The van der Waals surface area contributed by atoms with Gasteiger partial charge in [0.05, 0.1) is 11.9 Å². The van der Waals surface area contributed by atoms with Gasteiger partial charge < -0.3 is 10.5 Å². The van der Waals surface area contributed by atoms with Gasteiger partial charge >= 0.3 is 0 Å². The third kappa shape index (κ3) is 2.20. The van der Waals surface area contributed by atoms with Crippen molar-refractivity contribution in [3.05, 3.63) is 35.2 Å². The molecule has 2 aromatic heterocycles. The predicted molar refractivity (Wildman–Crippen MR) is 60.5 cm³/mol. The quantitative estimate of drug-likeness (QED) is 0.865. The summed E-state index contributed by atoms with van der Waals surface area (Å²) in [5.41, 5.74) is 6.19. The van der Waals surface area contributed by atoms with Crippen molar-refractivity contribution in [3.63, 3.8) is 0 Å². The fraction of sp³-hybridized carbons (Fsp3) is 0.100. The van der Waals surface area contributed by atoms with Crippen LogP contribution in [0.25, 0.3) is 0 Å². The Hall–Kier alpha value is -1.88. The highest BCUT2D eigenvalue weighted by molar-refractivity contribution is 6.31. The van der Waals surface area contributed by atoms with E-state index in [2.05, 4.69) is 15.0 Å². The number of aryl methyl sites for hydroxylation is 1. The number of rotatable bonds is 2. The average Bonchev–Trinajstić information content (AvgIpc) is 2.27. The van der Waals surface area contributed by atoms with Gasteiger partial charge in [-0.25, -0.2) is 4.98 Å². The number of nitrogen functional groups attached to an aromatic ring is 1. The molecule has 6 heteroatoms. The number of nitrogens with zero attached hydrogens (tertiary/aromatic N) is 3. The van der Waals surface area contributed by atoms with Crippen molar-refractivity contribution in [3.8, 4) is 11.6 Å². The first-order valence-corrected chi connectivity index (χ1v) is 4.92. The Labute approximate surface area is 97.3 Å². The van der Waals surface area contributed by atoms with E-state index in [-0.39, 0.29) is 11.8 Å². The number of nitrogens with two attached hydrogens (primary N) is 1. The maximum absolute atomic E-state index is 5.87. The summed E-state index contributed by atoms with van der Waals surface area (Å²) in [4.78, 5) is 11.7. The van der Waals surface area contributed by atoms with Crippen molar-refractivity contribution in [2.24, 2.45) is 0 Å². The van der Waals surface area contributed by atoms with E-state index in [4.69, 9.17) is 22.1 Å². The lowest BCUT2D eigenvalue weighted by molar-refractivity contribution is 0.456. The molecular formula is C10H9ClN4O. The minimum absolute atomic E-state index is 0.112. The normalized spacial score (nSPS) is 10.1. The maximum Gasteiger partial charge on any atom is 0.243 e. The molecule has 82 valence electrons. The van der Waals surface area contributed by atoms with E-state index >= 15 is 0 Å². The molecule has 0 spiro atoms. The van der Waals surface area contributed by atoms with Gasteiger partial charge in [0.2, 0.25) is 11.8 Å². The summed E-state index contributed by atoms with van der Waals surface area (Å²) in [6, 6.07) is 3.54. The smallest absolute Gasteiger partial charge is 0.243 e. The van der Waals surface area contributed by atoms with E-state index in [0.29, 0.717) is 10.8 Å². The molecule has 0 aromatic carbocycles. The van der Waals surface area contributed by atoms with Gasteiger partial charge in [-0.05, 0) is 19.1 Å². The molecule has 2 heterocycles. The van der Waals surface area contributed by atoms with Crippen LogP contribution in [0.4, 0.5) is 5.95 Å². The van der Waals surface area contributed by atoms with Gasteiger partial charge in [0.25, 0.3) is 0 Å². The van der Waals surface area contributed by atoms with Crippen LogP contribution in [0.3, 0.4) is 0 Å². The molecule has 0 fully saturated rings. The first kappa shape index (κ1) is 10.6. The molecule has 2 aromatic rings. The van der Waals surface area contributed by atoms with Gasteiger partial charge in [0.15, 0.2) is 5.75 Å². The molecule has 0 aliphatic rings. The molecule has 0 atom stereocenters. The van der Waals surface area contributed by atoms with Crippen molar-refractivity contribution in [2.75, 3.05) is 5.73 Å². The number of anilines is 1. The van der Waals surface area contributed by atoms with E-state index in [1.165, 1.54) is 6.20 Å². The fourth-order valence-electron chi connectivity index (χ4n) is 1.12. The minimum atomic E-state index is 0.112. The zero-order valence-corrected chi connectivity index (χ0v) is 9.27. The average molecular weight is 237 g/mol. The number of aromatic nitrogens is 3. The lowest BCUT2D eigenvalue weighted by atomic mass is 10.3. The fourth-order valence-corrected chi connectivity index (χ4v) is 1.25. The molecule has 16 heavy (non-hydrogen) atoms. The summed E-state index contributed by atoms with van der Waals surface area (Å²) in [6.45, 7) is 1.83. The molecule has 0 radical (unpaired) electrons. The molecule has 2 N–H and O–H groups in total. The van der Waals surface area contributed by atoms with E-state index < -0.39 is 0 Å². The molecule has 0 amide bonds.